The second-order valence-electron chi connectivity index (χ2n) is 5.94. The summed E-state index contributed by atoms with van der Waals surface area (Å²) < 4.78 is 10.3. The first-order valence-corrected chi connectivity index (χ1v) is 7.09. The van der Waals surface area contributed by atoms with Gasteiger partial charge in [0, 0.05) is 0 Å². The Balaban J connectivity index is 2.60. The van der Waals surface area contributed by atoms with E-state index in [1.54, 1.807) is 20.8 Å². The van der Waals surface area contributed by atoms with Crippen LogP contribution in [0.25, 0.3) is 0 Å². The van der Waals surface area contributed by atoms with Crippen LogP contribution in [0.5, 0.6) is 0 Å². The van der Waals surface area contributed by atoms with Gasteiger partial charge in [-0.2, -0.15) is 0 Å². The number of ether oxygens (including phenoxy) is 2. The number of aliphatic carboxylic acids is 1. The molecule has 0 aliphatic heterocycles. The maximum Gasteiger partial charge on any atom is 0.407 e. The predicted molar refractivity (Wildman–Crippen MR) is 81.8 cm³/mol. The number of carbonyl (C=O) groups is 2. The number of hydrogen-bond donors (Lipinski definition) is 2. The molecule has 2 N–H and O–H groups in total. The molecular weight excluding hydrogens is 286 g/mol. The second-order valence-corrected chi connectivity index (χ2v) is 5.94. The number of carboxylic acids is 1. The highest BCUT2D eigenvalue weighted by Crippen LogP contribution is 2.08. The fourth-order valence-corrected chi connectivity index (χ4v) is 1.81. The molecule has 0 unspecified atom stereocenters. The Kier molecular flexibility index (Phi) is 6.85. The third-order valence-corrected chi connectivity index (χ3v) is 2.59. The molecule has 122 valence electrons. The highest BCUT2D eigenvalue weighted by molar-refractivity contribution is 5.68. The van der Waals surface area contributed by atoms with Crippen LogP contribution >= 0.6 is 0 Å². The molecule has 22 heavy (non-hydrogen) atoms. The Morgan fingerprint density at radius 2 is 1.86 bits per heavy atom. The molecule has 1 amide bonds. The van der Waals surface area contributed by atoms with E-state index < -0.39 is 24.3 Å². The average molecular weight is 309 g/mol. The quantitative estimate of drug-likeness (QED) is 0.806. The van der Waals surface area contributed by atoms with Crippen molar-refractivity contribution in [3.63, 3.8) is 0 Å². The van der Waals surface area contributed by atoms with E-state index in [2.05, 4.69) is 5.32 Å². The van der Waals surface area contributed by atoms with Crippen LogP contribution in [0, 0.1) is 0 Å². The van der Waals surface area contributed by atoms with Gasteiger partial charge in [0.2, 0.25) is 0 Å². The minimum atomic E-state index is -1.05. The van der Waals surface area contributed by atoms with Crippen molar-refractivity contribution in [3.05, 3.63) is 35.9 Å². The summed E-state index contributed by atoms with van der Waals surface area (Å²) in [6.45, 7) is 5.03. The van der Waals surface area contributed by atoms with Gasteiger partial charge >= 0.3 is 12.1 Å². The first-order chi connectivity index (χ1) is 10.3. The molecule has 0 aliphatic rings. The summed E-state index contributed by atoms with van der Waals surface area (Å²) in [5.41, 5.74) is 0.422. The largest absolute Gasteiger partial charge is 0.480 e. The molecule has 0 saturated carbocycles. The zero-order chi connectivity index (χ0) is 16.6. The molecule has 0 heterocycles. The first-order valence-electron chi connectivity index (χ1n) is 7.09. The lowest BCUT2D eigenvalue weighted by Crippen LogP contribution is -2.43. The lowest BCUT2D eigenvalue weighted by Gasteiger charge is -2.23. The fourth-order valence-electron chi connectivity index (χ4n) is 1.81. The van der Waals surface area contributed by atoms with E-state index in [4.69, 9.17) is 14.6 Å². The number of amides is 1. The van der Waals surface area contributed by atoms with E-state index in [0.29, 0.717) is 6.42 Å². The number of alkyl carbamates (subject to hydrolysis) is 1. The Morgan fingerprint density at radius 1 is 1.23 bits per heavy atom. The molecule has 6 heteroatoms. The third kappa shape index (κ3) is 8.26. The third-order valence-electron chi connectivity index (χ3n) is 2.59. The molecule has 0 bridgehead atoms. The van der Waals surface area contributed by atoms with Crippen LogP contribution in [-0.4, -0.2) is 42.0 Å². The zero-order valence-corrected chi connectivity index (χ0v) is 13.2. The first kappa shape index (κ1) is 18.0. The smallest absolute Gasteiger partial charge is 0.407 e. The minimum Gasteiger partial charge on any atom is -0.480 e. The van der Waals surface area contributed by atoms with Gasteiger partial charge in [0.1, 0.15) is 12.2 Å². The Bertz CT molecular complexity index is 481. The van der Waals surface area contributed by atoms with Crippen LogP contribution in [0.15, 0.2) is 30.3 Å². The van der Waals surface area contributed by atoms with Gasteiger partial charge in [0.05, 0.1) is 12.6 Å². The molecule has 0 saturated heterocycles. The maximum atomic E-state index is 11.9. The van der Waals surface area contributed by atoms with Crippen LogP contribution in [0.4, 0.5) is 4.79 Å². The molecule has 0 aromatic heterocycles. The number of carboxylic acid groups (broad SMARTS) is 1. The highest BCUT2D eigenvalue weighted by Gasteiger charge is 2.20. The summed E-state index contributed by atoms with van der Waals surface area (Å²) in [6, 6.07) is 9.20. The van der Waals surface area contributed by atoms with Gasteiger partial charge in [-0.15, -0.1) is 0 Å². The summed E-state index contributed by atoms with van der Waals surface area (Å²) in [7, 11) is 0. The van der Waals surface area contributed by atoms with Gasteiger partial charge in [-0.3, -0.25) is 0 Å². The summed E-state index contributed by atoms with van der Waals surface area (Å²) in [6.07, 6.45) is -0.0213. The van der Waals surface area contributed by atoms with E-state index in [9.17, 15) is 9.59 Å². The number of benzene rings is 1. The Hall–Kier alpha value is -2.08. The normalized spacial score (nSPS) is 12.5. The van der Waals surface area contributed by atoms with Crippen molar-refractivity contribution < 1.29 is 24.2 Å². The van der Waals surface area contributed by atoms with E-state index in [-0.39, 0.29) is 12.6 Å². The molecule has 0 aliphatic carbocycles. The number of hydrogen-bond acceptors (Lipinski definition) is 4. The molecule has 6 nitrogen and oxygen atoms in total. The lowest BCUT2D eigenvalue weighted by atomic mass is 10.1. The molecule has 1 aromatic rings. The molecule has 1 aromatic carbocycles. The number of rotatable bonds is 7. The second kappa shape index (κ2) is 8.38. The van der Waals surface area contributed by atoms with Crippen molar-refractivity contribution >= 4 is 12.1 Å². The average Bonchev–Trinajstić information content (AvgIpc) is 2.36. The van der Waals surface area contributed by atoms with Crippen molar-refractivity contribution in [1.82, 2.24) is 5.32 Å². The number of carbonyl (C=O) groups excluding carboxylic acids is 1. The van der Waals surface area contributed by atoms with Gasteiger partial charge in [-0.1, -0.05) is 30.3 Å². The van der Waals surface area contributed by atoms with Crippen LogP contribution in [0.3, 0.4) is 0 Å². The molecule has 0 radical (unpaired) electrons. The van der Waals surface area contributed by atoms with Crippen LogP contribution in [-0.2, 0) is 20.7 Å². The van der Waals surface area contributed by atoms with E-state index in [1.807, 2.05) is 30.3 Å². The van der Waals surface area contributed by atoms with Crippen LogP contribution < -0.4 is 5.32 Å². The topological polar surface area (TPSA) is 84.9 Å². The summed E-state index contributed by atoms with van der Waals surface area (Å²) in [5, 5.41) is 11.3. The molecular formula is C16H23NO5. The number of nitrogens with one attached hydrogen (secondary N) is 1. The molecule has 0 fully saturated rings. The Labute approximate surface area is 130 Å². The van der Waals surface area contributed by atoms with E-state index in [1.165, 1.54) is 0 Å². The van der Waals surface area contributed by atoms with Crippen molar-refractivity contribution in [2.75, 3.05) is 13.2 Å². The predicted octanol–water partition coefficient (Wildman–Crippen LogP) is 2.22. The fraction of sp³-hybridized carbons (Fsp3) is 0.500. The Morgan fingerprint density at radius 3 is 2.41 bits per heavy atom. The minimum absolute atomic E-state index is 0.0977. The van der Waals surface area contributed by atoms with E-state index in [0.717, 1.165) is 5.56 Å². The SMILES string of the molecule is CC(C)(C)OC(=O)N[C@H](COCC(=O)O)Cc1ccccc1. The monoisotopic (exact) mass is 309 g/mol. The molecule has 1 rings (SSSR count). The van der Waals surface area contributed by atoms with Gasteiger partial charge < -0.3 is 19.9 Å². The van der Waals surface area contributed by atoms with Gasteiger partial charge in [-0.25, -0.2) is 9.59 Å². The van der Waals surface area contributed by atoms with Gasteiger partial charge in [0.15, 0.2) is 0 Å². The summed E-state index contributed by atoms with van der Waals surface area (Å²) >= 11 is 0. The summed E-state index contributed by atoms with van der Waals surface area (Å²) in [4.78, 5) is 22.4. The van der Waals surface area contributed by atoms with Gasteiger partial charge in [-0.05, 0) is 32.8 Å². The van der Waals surface area contributed by atoms with Crippen molar-refractivity contribution in [3.8, 4) is 0 Å². The van der Waals surface area contributed by atoms with E-state index >= 15 is 0 Å². The van der Waals surface area contributed by atoms with Crippen molar-refractivity contribution in [2.45, 2.75) is 38.8 Å². The van der Waals surface area contributed by atoms with Gasteiger partial charge in [0.25, 0.3) is 0 Å². The standard InChI is InChI=1S/C16H23NO5/c1-16(2,3)22-15(20)17-13(10-21-11-14(18)19)9-12-7-5-4-6-8-12/h4-8,13H,9-11H2,1-3H3,(H,17,20)(H,18,19)/t13-/m0/s1. The van der Waals surface area contributed by atoms with Crippen molar-refractivity contribution in [1.29, 1.82) is 0 Å². The molecule has 1 atom stereocenters. The summed E-state index contributed by atoms with van der Waals surface area (Å²) in [5.74, 6) is -1.05. The maximum absolute atomic E-state index is 11.9. The highest BCUT2D eigenvalue weighted by atomic mass is 16.6. The molecule has 0 spiro atoms. The van der Waals surface area contributed by atoms with Crippen LogP contribution in [0.1, 0.15) is 26.3 Å². The van der Waals surface area contributed by atoms with Crippen molar-refractivity contribution in [2.24, 2.45) is 0 Å². The van der Waals surface area contributed by atoms with Crippen LogP contribution in [0.2, 0.25) is 0 Å². The zero-order valence-electron chi connectivity index (χ0n) is 13.2. The lowest BCUT2D eigenvalue weighted by molar-refractivity contribution is -0.142.